The van der Waals surface area contributed by atoms with Gasteiger partial charge in [0.15, 0.2) is 18.1 Å². The number of nitrogens with one attached hydrogen (secondary N) is 1. The molecule has 2 saturated heterocycles. The summed E-state index contributed by atoms with van der Waals surface area (Å²) in [5.74, 6) is -1.55. The second kappa shape index (κ2) is 9.07. The Hall–Kier alpha value is -3.44. The first-order valence-corrected chi connectivity index (χ1v) is 11.1. The number of aromatic amines is 1. The number of esters is 1. The van der Waals surface area contributed by atoms with E-state index in [9.17, 15) is 14.4 Å². The van der Waals surface area contributed by atoms with Crippen molar-refractivity contribution in [2.75, 3.05) is 6.61 Å². The number of rotatable bonds is 6. The van der Waals surface area contributed by atoms with Crippen molar-refractivity contribution in [3.05, 3.63) is 79.4 Å². The van der Waals surface area contributed by atoms with E-state index in [1.807, 2.05) is 6.07 Å². The zero-order valence-corrected chi connectivity index (χ0v) is 18.1. The number of fused-ring (bicyclic) bond motifs is 1. The monoisotopic (exact) mass is 469 g/mol. The summed E-state index contributed by atoms with van der Waals surface area (Å²) in [6, 6.07) is 9.42. The van der Waals surface area contributed by atoms with Gasteiger partial charge in [-0.3, -0.25) is 14.3 Å². The van der Waals surface area contributed by atoms with Crippen molar-refractivity contribution in [3.63, 3.8) is 0 Å². The standard InChI is InChI=1S/C22H23N5O7/c23-26-25-14(13-6-2-1-3-7-13)12-31-20(29)18-16-17(34-22(33-16)9-4-5-10-22)19(32-18)27-11-8-15(28)24-21(27)30/h1-3,6-8,11,14,16-19H,4-5,9-10,12H2,(H,24,28,30)/t14?,16-,17+,18-,19+/m0/s1. The molecular formula is C22H23N5O7. The van der Waals surface area contributed by atoms with Gasteiger partial charge in [0.25, 0.3) is 5.56 Å². The Morgan fingerprint density at radius 2 is 1.94 bits per heavy atom. The normalized spacial score (nSPS) is 27.8. The second-order valence-electron chi connectivity index (χ2n) is 8.51. The average Bonchev–Trinajstić information content (AvgIpc) is 3.53. The van der Waals surface area contributed by atoms with E-state index in [1.54, 1.807) is 24.3 Å². The van der Waals surface area contributed by atoms with E-state index in [4.69, 9.17) is 24.5 Å². The molecule has 12 nitrogen and oxygen atoms in total. The number of nitrogens with zero attached hydrogens (tertiary/aromatic N) is 4. The summed E-state index contributed by atoms with van der Waals surface area (Å²) in [6.45, 7) is -0.195. The molecule has 34 heavy (non-hydrogen) atoms. The lowest BCUT2D eigenvalue weighted by Crippen LogP contribution is -2.38. The molecule has 5 atom stereocenters. The molecule has 5 rings (SSSR count). The molecule has 2 aromatic rings. The van der Waals surface area contributed by atoms with Crippen molar-refractivity contribution in [1.82, 2.24) is 9.55 Å². The predicted molar refractivity (Wildman–Crippen MR) is 115 cm³/mol. The van der Waals surface area contributed by atoms with Crippen molar-refractivity contribution >= 4 is 5.97 Å². The minimum absolute atomic E-state index is 0.195. The molecule has 2 aliphatic heterocycles. The lowest BCUT2D eigenvalue weighted by molar-refractivity contribution is -0.218. The second-order valence-corrected chi connectivity index (χ2v) is 8.51. The number of benzene rings is 1. The maximum absolute atomic E-state index is 13.1. The molecule has 1 unspecified atom stereocenters. The number of aromatic nitrogens is 2. The smallest absolute Gasteiger partial charge is 0.338 e. The molecule has 3 fully saturated rings. The van der Waals surface area contributed by atoms with Crippen molar-refractivity contribution in [2.24, 2.45) is 5.11 Å². The van der Waals surface area contributed by atoms with Crippen LogP contribution in [-0.2, 0) is 23.7 Å². The Morgan fingerprint density at radius 1 is 1.21 bits per heavy atom. The summed E-state index contributed by atoms with van der Waals surface area (Å²) >= 11 is 0. The van der Waals surface area contributed by atoms with Gasteiger partial charge in [-0.25, -0.2) is 9.59 Å². The third kappa shape index (κ3) is 4.12. The molecule has 1 saturated carbocycles. The summed E-state index contributed by atoms with van der Waals surface area (Å²) in [6.07, 6.45) is 0.764. The minimum Gasteiger partial charge on any atom is -0.463 e. The number of hydrogen-bond acceptors (Lipinski definition) is 8. The fourth-order valence-corrected chi connectivity index (χ4v) is 4.79. The molecule has 1 spiro atoms. The quantitative estimate of drug-likeness (QED) is 0.293. The van der Waals surface area contributed by atoms with Crippen LogP contribution in [0.25, 0.3) is 10.4 Å². The summed E-state index contributed by atoms with van der Waals surface area (Å²) in [5, 5.41) is 3.73. The fraction of sp³-hybridized carbons (Fsp3) is 0.500. The summed E-state index contributed by atoms with van der Waals surface area (Å²) in [5.41, 5.74) is 8.38. The highest BCUT2D eigenvalue weighted by Gasteiger charge is 2.61. The van der Waals surface area contributed by atoms with Crippen molar-refractivity contribution in [1.29, 1.82) is 0 Å². The number of hydrogen-bond donors (Lipinski definition) is 1. The van der Waals surface area contributed by atoms with Gasteiger partial charge in [0.2, 0.25) is 0 Å². The third-order valence-electron chi connectivity index (χ3n) is 6.37. The zero-order valence-electron chi connectivity index (χ0n) is 18.1. The number of H-pyrrole nitrogens is 1. The highest BCUT2D eigenvalue weighted by Crippen LogP contribution is 2.49. The molecule has 1 aromatic heterocycles. The first-order chi connectivity index (χ1) is 16.5. The van der Waals surface area contributed by atoms with E-state index in [1.165, 1.54) is 16.8 Å². The number of ether oxygens (including phenoxy) is 4. The van der Waals surface area contributed by atoms with Gasteiger partial charge in [0, 0.05) is 30.0 Å². The van der Waals surface area contributed by atoms with Crippen LogP contribution in [0.2, 0.25) is 0 Å². The van der Waals surface area contributed by atoms with E-state index in [-0.39, 0.29) is 6.61 Å². The fourth-order valence-electron chi connectivity index (χ4n) is 4.79. The lowest BCUT2D eigenvalue weighted by atomic mass is 10.1. The maximum Gasteiger partial charge on any atom is 0.338 e. The predicted octanol–water partition coefficient (Wildman–Crippen LogP) is 2.08. The van der Waals surface area contributed by atoms with Crippen LogP contribution in [0.4, 0.5) is 0 Å². The number of carbonyl (C=O) groups is 1. The molecule has 178 valence electrons. The van der Waals surface area contributed by atoms with Gasteiger partial charge in [0.05, 0.1) is 6.04 Å². The van der Waals surface area contributed by atoms with E-state index in [0.717, 1.165) is 12.8 Å². The van der Waals surface area contributed by atoms with E-state index in [2.05, 4.69) is 15.0 Å². The Labute approximate surface area is 193 Å². The largest absolute Gasteiger partial charge is 0.463 e. The van der Waals surface area contributed by atoms with Gasteiger partial charge >= 0.3 is 11.7 Å². The van der Waals surface area contributed by atoms with Gasteiger partial charge in [-0.15, -0.1) is 0 Å². The highest BCUT2D eigenvalue weighted by atomic mass is 16.8. The van der Waals surface area contributed by atoms with Crippen molar-refractivity contribution in [3.8, 4) is 0 Å². The highest BCUT2D eigenvalue weighted by molar-refractivity contribution is 5.76. The molecule has 1 aliphatic carbocycles. The van der Waals surface area contributed by atoms with Crippen LogP contribution in [0.3, 0.4) is 0 Å². The molecular weight excluding hydrogens is 446 g/mol. The lowest BCUT2D eigenvalue weighted by Gasteiger charge is -2.27. The third-order valence-corrected chi connectivity index (χ3v) is 6.37. The molecule has 0 radical (unpaired) electrons. The minimum atomic E-state index is -1.17. The van der Waals surface area contributed by atoms with Crippen molar-refractivity contribution < 1.29 is 23.7 Å². The molecule has 0 amide bonds. The Balaban J connectivity index is 1.38. The Morgan fingerprint density at radius 3 is 2.65 bits per heavy atom. The van der Waals surface area contributed by atoms with Crippen LogP contribution in [0.5, 0.6) is 0 Å². The van der Waals surface area contributed by atoms with E-state index >= 15 is 0 Å². The van der Waals surface area contributed by atoms with Gasteiger partial charge in [-0.1, -0.05) is 35.4 Å². The zero-order chi connectivity index (χ0) is 23.7. The Kier molecular flexibility index (Phi) is 5.96. The van der Waals surface area contributed by atoms with E-state index < -0.39 is 53.6 Å². The topological polar surface area (TPSA) is 158 Å². The van der Waals surface area contributed by atoms with Crippen LogP contribution in [0.15, 0.2) is 57.3 Å². The van der Waals surface area contributed by atoms with E-state index in [0.29, 0.717) is 18.4 Å². The molecule has 0 bridgehead atoms. The molecule has 12 heteroatoms. The SMILES string of the molecule is [N-]=[N+]=NC(COC(=O)[C@H]1O[C@@H](n2ccc(=O)[nH]c2=O)[C@@H]2OC3(CCCC3)O[C@@H]21)c1ccccc1. The summed E-state index contributed by atoms with van der Waals surface area (Å²) in [4.78, 5) is 42.0. The van der Waals surface area contributed by atoms with Crippen LogP contribution in [-0.4, -0.2) is 46.2 Å². The van der Waals surface area contributed by atoms with Gasteiger partial charge in [0.1, 0.15) is 18.8 Å². The van der Waals surface area contributed by atoms with Gasteiger partial charge in [-0.2, -0.15) is 0 Å². The van der Waals surface area contributed by atoms with Gasteiger partial charge < -0.3 is 18.9 Å². The Bertz CT molecular complexity index is 1220. The molecule has 3 aliphatic rings. The first kappa shape index (κ1) is 22.4. The summed E-state index contributed by atoms with van der Waals surface area (Å²) < 4.78 is 25.0. The van der Waals surface area contributed by atoms with Crippen molar-refractivity contribution in [2.45, 2.75) is 62.1 Å². The molecule has 1 aromatic carbocycles. The van der Waals surface area contributed by atoms with Crippen LogP contribution in [0, 0.1) is 0 Å². The maximum atomic E-state index is 13.1. The number of carbonyl (C=O) groups excluding carboxylic acids is 1. The summed E-state index contributed by atoms with van der Waals surface area (Å²) in [7, 11) is 0. The first-order valence-electron chi connectivity index (χ1n) is 11.1. The molecule has 3 heterocycles. The van der Waals surface area contributed by atoms with Crippen LogP contribution in [0.1, 0.15) is 43.5 Å². The number of azide groups is 1. The van der Waals surface area contributed by atoms with Gasteiger partial charge in [-0.05, 0) is 23.9 Å². The van der Waals surface area contributed by atoms with Crippen LogP contribution >= 0.6 is 0 Å². The molecule has 1 N–H and O–H groups in total. The van der Waals surface area contributed by atoms with Crippen LogP contribution < -0.4 is 11.2 Å². The average molecular weight is 469 g/mol.